The van der Waals surface area contributed by atoms with Gasteiger partial charge in [-0.2, -0.15) is 0 Å². The Labute approximate surface area is 183 Å². The van der Waals surface area contributed by atoms with E-state index in [0.717, 1.165) is 61.9 Å². The summed E-state index contributed by atoms with van der Waals surface area (Å²) in [4.78, 5) is 4.79. The minimum Gasteiger partial charge on any atom is -0.497 e. The molecular formula is C26H29FN2O2. The standard InChI is InChI=1S/C26H29FN2O2/c1-30-24-13-7-21(8-14-24)26(31-25-5-3-2-4-6-25)15-16-28-17-19-29(20-18-28)23-11-9-22(27)10-12-23/h2-14,26H,15-20H2,1H3/t26-/m0/s1. The van der Waals surface area contributed by atoms with E-state index in [1.54, 1.807) is 7.11 Å². The lowest BCUT2D eigenvalue weighted by Gasteiger charge is -2.36. The molecule has 3 aromatic rings. The first-order valence-corrected chi connectivity index (χ1v) is 10.8. The number of halogens is 1. The van der Waals surface area contributed by atoms with Crippen LogP contribution < -0.4 is 14.4 Å². The van der Waals surface area contributed by atoms with E-state index in [2.05, 4.69) is 21.9 Å². The van der Waals surface area contributed by atoms with Gasteiger partial charge in [0.2, 0.25) is 0 Å². The molecule has 3 aromatic carbocycles. The fourth-order valence-electron chi connectivity index (χ4n) is 3.96. The summed E-state index contributed by atoms with van der Waals surface area (Å²) in [7, 11) is 1.68. The Morgan fingerprint density at radius 2 is 1.48 bits per heavy atom. The summed E-state index contributed by atoms with van der Waals surface area (Å²) in [5.41, 5.74) is 2.24. The number of anilines is 1. The van der Waals surface area contributed by atoms with Gasteiger partial charge in [0.15, 0.2) is 0 Å². The fourth-order valence-corrected chi connectivity index (χ4v) is 3.96. The van der Waals surface area contributed by atoms with Gasteiger partial charge in [-0.15, -0.1) is 0 Å². The van der Waals surface area contributed by atoms with Crippen LogP contribution in [-0.2, 0) is 0 Å². The highest BCUT2D eigenvalue weighted by molar-refractivity contribution is 5.46. The van der Waals surface area contributed by atoms with Crippen LogP contribution in [0, 0.1) is 5.82 Å². The molecule has 5 heteroatoms. The Morgan fingerprint density at radius 1 is 0.806 bits per heavy atom. The highest BCUT2D eigenvalue weighted by Gasteiger charge is 2.20. The molecule has 31 heavy (non-hydrogen) atoms. The molecule has 4 rings (SSSR count). The zero-order valence-corrected chi connectivity index (χ0v) is 17.9. The van der Waals surface area contributed by atoms with Crippen molar-refractivity contribution in [3.05, 3.63) is 90.2 Å². The molecule has 0 amide bonds. The third-order valence-electron chi connectivity index (χ3n) is 5.78. The molecule has 1 atom stereocenters. The molecule has 1 aliphatic rings. The molecule has 0 saturated carbocycles. The normalized spacial score (nSPS) is 15.5. The van der Waals surface area contributed by atoms with Crippen LogP contribution >= 0.6 is 0 Å². The molecule has 0 unspecified atom stereocenters. The molecule has 1 aliphatic heterocycles. The summed E-state index contributed by atoms with van der Waals surface area (Å²) in [5, 5.41) is 0. The summed E-state index contributed by atoms with van der Waals surface area (Å²) in [6, 6.07) is 24.9. The van der Waals surface area contributed by atoms with Crippen molar-refractivity contribution < 1.29 is 13.9 Å². The lowest BCUT2D eigenvalue weighted by atomic mass is 10.1. The first kappa shape index (κ1) is 21.2. The molecule has 1 fully saturated rings. The van der Waals surface area contributed by atoms with Crippen LogP contribution in [0.15, 0.2) is 78.9 Å². The van der Waals surface area contributed by atoms with Crippen LogP contribution in [0.25, 0.3) is 0 Å². The fraction of sp³-hybridized carbons (Fsp3) is 0.308. The van der Waals surface area contributed by atoms with Crippen LogP contribution in [0.4, 0.5) is 10.1 Å². The van der Waals surface area contributed by atoms with Crippen LogP contribution in [0.2, 0.25) is 0 Å². The summed E-state index contributed by atoms with van der Waals surface area (Å²) >= 11 is 0. The minimum absolute atomic E-state index is 0.0246. The number of para-hydroxylation sites is 1. The SMILES string of the molecule is COc1ccc([C@H](CCN2CCN(c3ccc(F)cc3)CC2)Oc2ccccc2)cc1. The first-order chi connectivity index (χ1) is 15.2. The average molecular weight is 421 g/mol. The second-order valence-electron chi connectivity index (χ2n) is 7.79. The van der Waals surface area contributed by atoms with Crippen LogP contribution in [0.1, 0.15) is 18.1 Å². The molecule has 0 bridgehead atoms. The average Bonchev–Trinajstić information content (AvgIpc) is 2.83. The maximum atomic E-state index is 13.2. The lowest BCUT2D eigenvalue weighted by molar-refractivity contribution is 0.160. The largest absolute Gasteiger partial charge is 0.497 e. The van der Waals surface area contributed by atoms with Gasteiger partial charge < -0.3 is 14.4 Å². The number of hydrogen-bond acceptors (Lipinski definition) is 4. The topological polar surface area (TPSA) is 24.9 Å². The molecule has 0 aliphatic carbocycles. The van der Waals surface area contributed by atoms with E-state index in [1.807, 2.05) is 54.6 Å². The highest BCUT2D eigenvalue weighted by Crippen LogP contribution is 2.27. The molecule has 1 saturated heterocycles. The second-order valence-corrected chi connectivity index (χ2v) is 7.79. The smallest absolute Gasteiger partial charge is 0.125 e. The van der Waals surface area contributed by atoms with Crippen molar-refractivity contribution in [1.29, 1.82) is 0 Å². The van der Waals surface area contributed by atoms with Gasteiger partial charge in [-0.25, -0.2) is 4.39 Å². The third-order valence-corrected chi connectivity index (χ3v) is 5.78. The van der Waals surface area contributed by atoms with E-state index in [1.165, 1.54) is 12.1 Å². The molecule has 1 heterocycles. The predicted octanol–water partition coefficient (Wildman–Crippen LogP) is 5.17. The monoisotopic (exact) mass is 420 g/mol. The molecular weight excluding hydrogens is 391 g/mol. The Morgan fingerprint density at radius 3 is 2.13 bits per heavy atom. The van der Waals surface area contributed by atoms with Gasteiger partial charge in [-0.05, 0) is 54.1 Å². The molecule has 162 valence electrons. The van der Waals surface area contributed by atoms with Gasteiger partial charge in [-0.3, -0.25) is 4.90 Å². The maximum absolute atomic E-state index is 13.2. The zero-order valence-electron chi connectivity index (χ0n) is 17.9. The summed E-state index contributed by atoms with van der Waals surface area (Å²) in [6.07, 6.45) is 0.876. The van der Waals surface area contributed by atoms with Gasteiger partial charge >= 0.3 is 0 Å². The third kappa shape index (κ3) is 5.76. The summed E-state index contributed by atoms with van der Waals surface area (Å²) in [6.45, 7) is 4.81. The van der Waals surface area contributed by atoms with Crippen LogP contribution in [0.3, 0.4) is 0 Å². The number of benzene rings is 3. The van der Waals surface area contributed by atoms with E-state index in [4.69, 9.17) is 9.47 Å². The van der Waals surface area contributed by atoms with Crippen molar-refractivity contribution >= 4 is 5.69 Å². The van der Waals surface area contributed by atoms with Crippen molar-refractivity contribution in [2.24, 2.45) is 0 Å². The van der Waals surface area contributed by atoms with Crippen molar-refractivity contribution in [3.63, 3.8) is 0 Å². The second kappa shape index (κ2) is 10.3. The number of ether oxygens (including phenoxy) is 2. The van der Waals surface area contributed by atoms with E-state index < -0.39 is 0 Å². The van der Waals surface area contributed by atoms with Crippen molar-refractivity contribution in [3.8, 4) is 11.5 Å². The van der Waals surface area contributed by atoms with E-state index in [-0.39, 0.29) is 11.9 Å². The van der Waals surface area contributed by atoms with Gasteiger partial charge in [-0.1, -0.05) is 30.3 Å². The Kier molecular flexibility index (Phi) is 7.05. The summed E-state index contributed by atoms with van der Waals surface area (Å²) in [5.74, 6) is 1.54. The van der Waals surface area contributed by atoms with Crippen LogP contribution in [0.5, 0.6) is 11.5 Å². The van der Waals surface area contributed by atoms with Crippen molar-refractivity contribution in [1.82, 2.24) is 4.90 Å². The van der Waals surface area contributed by atoms with Gasteiger partial charge in [0, 0.05) is 44.8 Å². The molecule has 0 radical (unpaired) electrons. The quantitative estimate of drug-likeness (QED) is 0.502. The first-order valence-electron chi connectivity index (χ1n) is 10.8. The summed E-state index contributed by atoms with van der Waals surface area (Å²) < 4.78 is 24.8. The van der Waals surface area contributed by atoms with E-state index in [9.17, 15) is 4.39 Å². The van der Waals surface area contributed by atoms with Gasteiger partial charge in [0.1, 0.15) is 23.4 Å². The number of rotatable bonds is 8. The molecule has 0 aromatic heterocycles. The van der Waals surface area contributed by atoms with Crippen LogP contribution in [-0.4, -0.2) is 44.7 Å². The Hall–Kier alpha value is -3.05. The Balaban J connectivity index is 1.36. The lowest BCUT2D eigenvalue weighted by Crippen LogP contribution is -2.46. The molecule has 0 N–H and O–H groups in total. The number of methoxy groups -OCH3 is 1. The van der Waals surface area contributed by atoms with Crippen molar-refractivity contribution in [2.75, 3.05) is 44.7 Å². The number of hydrogen-bond donors (Lipinski definition) is 0. The van der Waals surface area contributed by atoms with E-state index >= 15 is 0 Å². The predicted molar refractivity (Wildman–Crippen MR) is 122 cm³/mol. The molecule has 4 nitrogen and oxygen atoms in total. The van der Waals surface area contributed by atoms with E-state index in [0.29, 0.717) is 0 Å². The van der Waals surface area contributed by atoms with Gasteiger partial charge in [0.05, 0.1) is 7.11 Å². The highest BCUT2D eigenvalue weighted by atomic mass is 19.1. The number of piperazine rings is 1. The van der Waals surface area contributed by atoms with Crippen molar-refractivity contribution in [2.45, 2.75) is 12.5 Å². The minimum atomic E-state index is -0.189. The number of nitrogens with zero attached hydrogens (tertiary/aromatic N) is 2. The molecule has 0 spiro atoms. The Bertz CT molecular complexity index is 924. The van der Waals surface area contributed by atoms with Gasteiger partial charge in [0.25, 0.3) is 0 Å². The maximum Gasteiger partial charge on any atom is 0.125 e. The zero-order chi connectivity index (χ0) is 21.5.